The molecule has 0 spiro atoms. The molecule has 0 aromatic heterocycles. The van der Waals surface area contributed by atoms with E-state index >= 15 is 0 Å². The number of amides is 7. The van der Waals surface area contributed by atoms with Crippen LogP contribution in [0.1, 0.15) is 71.2 Å². The van der Waals surface area contributed by atoms with E-state index in [0.717, 1.165) is 21.8 Å². The number of hydrogen-bond acceptors (Lipinski definition) is 17. The Morgan fingerprint density at radius 3 is 1.89 bits per heavy atom. The molecule has 3 heterocycles. The maximum atomic E-state index is 14.6. The van der Waals surface area contributed by atoms with Crippen molar-refractivity contribution in [1.82, 2.24) is 25.3 Å². The first-order valence-electron chi connectivity index (χ1n) is 22.2. The SMILES string of the molecule is COC(=O)[C@@H]1Cc2ccc(OC[C@H]3CN(C(=O)OC(C)(C)C)C(=O)O3)c(c2)-c2cc(cc(OC[C@@H]3CN(C(=O)OC(C)(C)C)C(=O)O3)c2O)[C@H](N(C)C(=O)OCc2ccccc2)C(=O)N[C@@H](C)C(=O)N1. The van der Waals surface area contributed by atoms with Gasteiger partial charge in [0.1, 0.15) is 54.9 Å². The van der Waals surface area contributed by atoms with Crippen LogP contribution in [0.2, 0.25) is 0 Å². The number of likely N-dealkylation sites (N-methyl/N-ethyl adjacent to an activating group) is 1. The van der Waals surface area contributed by atoms with E-state index in [9.17, 15) is 43.5 Å². The highest BCUT2D eigenvalue weighted by Crippen LogP contribution is 2.45. The number of nitrogens with one attached hydrogen (secondary N) is 2. The van der Waals surface area contributed by atoms with Crippen molar-refractivity contribution >= 4 is 48.2 Å². The Kier molecular flexibility index (Phi) is 15.7. The van der Waals surface area contributed by atoms with E-state index in [0.29, 0.717) is 11.1 Å². The third-order valence-corrected chi connectivity index (χ3v) is 10.7. The molecule has 3 aliphatic rings. The summed E-state index contributed by atoms with van der Waals surface area (Å²) in [6.07, 6.45) is -7.05. The smallest absolute Gasteiger partial charge is 0.419 e. The number of carbonyl (C=O) groups excluding carboxylic acids is 8. The summed E-state index contributed by atoms with van der Waals surface area (Å²) in [5, 5.41) is 17.4. The summed E-state index contributed by atoms with van der Waals surface area (Å²) >= 11 is 0. The van der Waals surface area contributed by atoms with Crippen molar-refractivity contribution in [2.24, 2.45) is 0 Å². The summed E-state index contributed by atoms with van der Waals surface area (Å²) in [5.41, 5.74) is -0.747. The molecular formula is C48H57N5O17. The van der Waals surface area contributed by atoms with E-state index in [2.05, 4.69) is 10.6 Å². The number of imide groups is 2. The molecule has 22 heteroatoms. The fraction of sp³-hybridized carbons (Fsp3) is 0.458. The zero-order valence-electron chi connectivity index (χ0n) is 40.2. The van der Waals surface area contributed by atoms with E-state index in [-0.39, 0.29) is 60.9 Å². The van der Waals surface area contributed by atoms with Crippen LogP contribution in [0.3, 0.4) is 0 Å². The molecule has 5 atom stereocenters. The van der Waals surface area contributed by atoms with E-state index in [4.69, 9.17) is 37.9 Å². The lowest BCUT2D eigenvalue weighted by molar-refractivity contribution is -0.145. The number of phenolic OH excluding ortho intramolecular Hbond substituents is 1. The van der Waals surface area contributed by atoms with Gasteiger partial charge in [-0.15, -0.1) is 0 Å². The van der Waals surface area contributed by atoms with Crippen molar-refractivity contribution in [2.75, 3.05) is 40.5 Å². The van der Waals surface area contributed by atoms with Crippen molar-refractivity contribution in [3.63, 3.8) is 0 Å². The van der Waals surface area contributed by atoms with Crippen LogP contribution in [-0.4, -0.2) is 144 Å². The molecule has 70 heavy (non-hydrogen) atoms. The highest BCUT2D eigenvalue weighted by atomic mass is 16.6. The fourth-order valence-electron chi connectivity index (χ4n) is 7.36. The van der Waals surface area contributed by atoms with Crippen LogP contribution in [0.5, 0.6) is 17.2 Å². The Bertz CT molecular complexity index is 2500. The highest BCUT2D eigenvalue weighted by molar-refractivity contribution is 5.94. The number of benzene rings is 3. The monoisotopic (exact) mass is 975 g/mol. The number of nitrogens with zero attached hydrogens (tertiary/aromatic N) is 3. The first-order valence-corrected chi connectivity index (χ1v) is 22.2. The summed E-state index contributed by atoms with van der Waals surface area (Å²) < 4.78 is 44.6. The van der Waals surface area contributed by atoms with Gasteiger partial charge in [-0.25, -0.2) is 38.6 Å². The Balaban J connectivity index is 1.45. The number of hydrogen-bond donors (Lipinski definition) is 3. The summed E-state index contributed by atoms with van der Waals surface area (Å²) in [5.74, 6) is -3.31. The van der Waals surface area contributed by atoms with Gasteiger partial charge in [0.05, 0.1) is 20.2 Å². The lowest BCUT2D eigenvalue weighted by atomic mass is 9.93. The fourth-order valence-corrected chi connectivity index (χ4v) is 7.36. The van der Waals surface area contributed by atoms with Gasteiger partial charge >= 0.3 is 36.4 Å². The normalized spacial score (nSPS) is 20.4. The van der Waals surface area contributed by atoms with Crippen LogP contribution in [0, 0.1) is 0 Å². The number of methoxy groups -OCH3 is 1. The van der Waals surface area contributed by atoms with Crippen molar-refractivity contribution < 1.29 is 81.4 Å². The van der Waals surface area contributed by atoms with Crippen molar-refractivity contribution in [1.29, 1.82) is 0 Å². The minimum atomic E-state index is -1.63. The van der Waals surface area contributed by atoms with E-state index in [1.165, 1.54) is 38.2 Å². The molecule has 3 N–H and O–H groups in total. The van der Waals surface area contributed by atoms with E-state index < -0.39 is 102 Å². The molecule has 0 saturated carbocycles. The molecule has 0 unspecified atom stereocenters. The molecule has 2 saturated heterocycles. The molecule has 7 amide bonds. The van der Waals surface area contributed by atoms with Gasteiger partial charge in [0.15, 0.2) is 23.7 Å². The predicted molar refractivity (Wildman–Crippen MR) is 243 cm³/mol. The number of cyclic esters (lactones) is 2. The van der Waals surface area contributed by atoms with Gasteiger partial charge in [0.2, 0.25) is 11.8 Å². The van der Waals surface area contributed by atoms with Crippen LogP contribution in [-0.2, 0) is 55.8 Å². The van der Waals surface area contributed by atoms with Gasteiger partial charge in [-0.05, 0) is 89.4 Å². The lowest BCUT2D eigenvalue weighted by Gasteiger charge is -2.30. The van der Waals surface area contributed by atoms with E-state index in [1.807, 2.05) is 0 Å². The number of fused-ring (bicyclic) bond motifs is 5. The summed E-state index contributed by atoms with van der Waals surface area (Å²) in [6, 6.07) is 11.8. The Morgan fingerprint density at radius 1 is 0.757 bits per heavy atom. The number of rotatable bonds is 10. The van der Waals surface area contributed by atoms with Gasteiger partial charge in [-0.1, -0.05) is 36.4 Å². The molecule has 3 aromatic rings. The first-order chi connectivity index (χ1) is 32.9. The van der Waals surface area contributed by atoms with Gasteiger partial charge in [-0.2, -0.15) is 0 Å². The largest absolute Gasteiger partial charge is 0.504 e. The maximum absolute atomic E-state index is 14.6. The molecule has 0 radical (unpaired) electrons. The molecule has 3 aromatic carbocycles. The number of phenols is 1. The maximum Gasteiger partial charge on any atom is 0.419 e. The minimum Gasteiger partial charge on any atom is -0.504 e. The zero-order chi connectivity index (χ0) is 51.2. The third kappa shape index (κ3) is 12.8. The van der Waals surface area contributed by atoms with Crippen molar-refractivity contribution in [2.45, 2.75) is 103 Å². The number of esters is 1. The average molecular weight is 976 g/mol. The first kappa shape index (κ1) is 51.6. The van der Waals surface area contributed by atoms with Gasteiger partial charge in [-0.3, -0.25) is 14.5 Å². The van der Waals surface area contributed by atoms with Crippen molar-refractivity contribution in [3.05, 3.63) is 77.4 Å². The second-order valence-corrected chi connectivity index (χ2v) is 18.6. The van der Waals surface area contributed by atoms with Crippen LogP contribution in [0.25, 0.3) is 11.1 Å². The number of ether oxygens (including phenoxy) is 8. The predicted octanol–water partition coefficient (Wildman–Crippen LogP) is 5.36. The summed E-state index contributed by atoms with van der Waals surface area (Å²) in [7, 11) is 2.42. The standard InChI is InChI=1S/C48H57N5O17/c1-26-39(55)50-34(41(57)63-9)18-28-15-16-35(64-24-30-21-52(43(59)67-30)45(61)69-47(2,3)4)32(17-28)33-19-29(37(40(56)49-26)51(8)42(58)66-23-27-13-11-10-12-14-27)20-36(38(33)54)65-25-31-22-53(44(60)68-31)46(62)70-48(5,6)7/h10-17,19-20,26,30-31,34,37,54H,18,21-25H2,1-9H3,(H,49,56)(H,50,55)/t26-,30+,31-,34-,37-/m0/s1. The summed E-state index contributed by atoms with van der Waals surface area (Å²) in [4.78, 5) is 109. The van der Waals surface area contributed by atoms with Gasteiger partial charge in [0, 0.05) is 24.6 Å². The molecule has 376 valence electrons. The molecular weight excluding hydrogens is 919 g/mol. The quantitative estimate of drug-likeness (QED) is 0.171. The Morgan fingerprint density at radius 2 is 1.33 bits per heavy atom. The molecule has 22 nitrogen and oxygen atoms in total. The van der Waals surface area contributed by atoms with Crippen LogP contribution >= 0.6 is 0 Å². The van der Waals surface area contributed by atoms with Gasteiger partial charge < -0.3 is 53.6 Å². The third-order valence-electron chi connectivity index (χ3n) is 10.7. The molecule has 6 rings (SSSR count). The second kappa shape index (κ2) is 21.2. The minimum absolute atomic E-state index is 0.00411. The van der Waals surface area contributed by atoms with Crippen LogP contribution in [0.4, 0.5) is 24.0 Å². The number of carbonyl (C=O) groups is 8. The molecule has 0 aliphatic carbocycles. The Labute approximate surface area is 403 Å². The topological polar surface area (TPSA) is 264 Å². The van der Waals surface area contributed by atoms with Crippen LogP contribution in [0.15, 0.2) is 60.7 Å². The lowest BCUT2D eigenvalue weighted by Crippen LogP contribution is -2.53. The zero-order valence-corrected chi connectivity index (χ0v) is 40.2. The average Bonchev–Trinajstić information content (AvgIpc) is 3.87. The Hall–Kier alpha value is -7.78. The highest BCUT2D eigenvalue weighted by Gasteiger charge is 2.41. The molecule has 3 aliphatic heterocycles. The van der Waals surface area contributed by atoms with Gasteiger partial charge in [0.25, 0.3) is 0 Å². The second-order valence-electron chi connectivity index (χ2n) is 18.6. The van der Waals surface area contributed by atoms with E-state index in [1.54, 1.807) is 77.9 Å². The molecule has 4 bridgehead atoms. The van der Waals surface area contributed by atoms with Crippen LogP contribution < -0.4 is 20.1 Å². The number of aromatic hydroxyl groups is 1. The molecule has 2 fully saturated rings. The van der Waals surface area contributed by atoms with Crippen molar-refractivity contribution in [3.8, 4) is 28.4 Å². The summed E-state index contributed by atoms with van der Waals surface area (Å²) in [6.45, 7) is 9.69.